The van der Waals surface area contributed by atoms with Gasteiger partial charge in [0.1, 0.15) is 12.3 Å². The van der Waals surface area contributed by atoms with Gasteiger partial charge in [-0.15, -0.1) is 0 Å². The predicted molar refractivity (Wildman–Crippen MR) is 134 cm³/mol. The van der Waals surface area contributed by atoms with Crippen LogP contribution in [0.5, 0.6) is 5.75 Å². The van der Waals surface area contributed by atoms with Crippen LogP contribution in [0.2, 0.25) is 0 Å². The van der Waals surface area contributed by atoms with Crippen molar-refractivity contribution in [2.75, 3.05) is 44.7 Å². The van der Waals surface area contributed by atoms with Crippen molar-refractivity contribution >= 4 is 51.3 Å². The van der Waals surface area contributed by atoms with Crippen LogP contribution in [-0.2, 0) is 9.59 Å². The summed E-state index contributed by atoms with van der Waals surface area (Å²) in [4.78, 5) is 31.3. The minimum Gasteiger partial charge on any atom is -0.496 e. The molecule has 0 saturated carbocycles. The maximum absolute atomic E-state index is 13.3. The second-order valence-electron chi connectivity index (χ2n) is 7.24. The minimum atomic E-state index is -0.181. The van der Waals surface area contributed by atoms with Gasteiger partial charge in [-0.1, -0.05) is 43.8 Å². The van der Waals surface area contributed by atoms with Crippen LogP contribution >= 0.6 is 27.7 Å². The molecule has 0 unspecified atom stereocenters. The van der Waals surface area contributed by atoms with E-state index in [1.54, 1.807) is 12.0 Å². The minimum absolute atomic E-state index is 0.0156. The summed E-state index contributed by atoms with van der Waals surface area (Å²) >= 11 is 4.91. The molecule has 0 bridgehead atoms. The monoisotopic (exact) mass is 517 g/mol. The molecule has 0 radical (unpaired) electrons. The Morgan fingerprint density at radius 2 is 1.97 bits per heavy atom. The van der Waals surface area contributed by atoms with E-state index >= 15 is 0 Å². The molecule has 6 nitrogen and oxygen atoms in total. The average Bonchev–Trinajstić information content (AvgIpc) is 2.79. The molecule has 3 rings (SSSR count). The fourth-order valence-electron chi connectivity index (χ4n) is 3.44. The smallest absolute Gasteiger partial charge is 0.265 e. The second-order valence-corrected chi connectivity index (χ2v) is 9.18. The Morgan fingerprint density at radius 1 is 1.22 bits per heavy atom. The number of benzene rings is 2. The Kier molecular flexibility index (Phi) is 8.78. The number of hydrogen-bond acceptors (Lipinski definition) is 5. The van der Waals surface area contributed by atoms with Crippen LogP contribution in [0.3, 0.4) is 0 Å². The molecular formula is C24H28BrN3O3S. The van der Waals surface area contributed by atoms with Crippen molar-refractivity contribution < 1.29 is 14.3 Å². The number of para-hydroxylation sites is 1. The molecule has 170 valence electrons. The molecule has 0 aromatic heterocycles. The maximum atomic E-state index is 13.3. The lowest BCUT2D eigenvalue weighted by Crippen LogP contribution is -2.44. The van der Waals surface area contributed by atoms with Gasteiger partial charge in [0.2, 0.25) is 5.91 Å². The predicted octanol–water partition coefficient (Wildman–Crippen LogP) is 4.40. The number of likely N-dealkylation sites (N-methyl/N-ethyl adjacent to an activating group) is 1. The highest BCUT2D eigenvalue weighted by Gasteiger charge is 2.30. The van der Waals surface area contributed by atoms with E-state index < -0.39 is 0 Å². The van der Waals surface area contributed by atoms with Gasteiger partial charge in [0, 0.05) is 18.0 Å². The van der Waals surface area contributed by atoms with Crippen LogP contribution < -0.4 is 15.0 Å². The maximum Gasteiger partial charge on any atom is 0.265 e. The van der Waals surface area contributed by atoms with E-state index in [1.807, 2.05) is 48.5 Å². The first-order chi connectivity index (χ1) is 15.5. The third-order valence-corrected chi connectivity index (χ3v) is 6.95. The SMILES string of the molecule is CCN(CC)CCNC(=O)CN1C(=O)C(=Cc2ccc(OC)c(Br)c2)Sc2ccccc21. The number of methoxy groups -OCH3 is 1. The Morgan fingerprint density at radius 3 is 2.66 bits per heavy atom. The van der Waals surface area contributed by atoms with Gasteiger partial charge in [0.25, 0.3) is 5.91 Å². The molecule has 1 aliphatic rings. The summed E-state index contributed by atoms with van der Waals surface area (Å²) in [6.07, 6.45) is 1.85. The second kappa shape index (κ2) is 11.5. The standard InChI is InChI=1S/C24H28BrN3O3S/c1-4-27(5-2)13-12-26-23(29)16-28-19-8-6-7-9-21(19)32-22(24(28)30)15-17-10-11-20(31-3)18(25)14-17/h6-11,14-15H,4-5,12-13,16H2,1-3H3,(H,26,29). The zero-order valence-electron chi connectivity index (χ0n) is 18.6. The zero-order chi connectivity index (χ0) is 23.1. The lowest BCUT2D eigenvalue weighted by atomic mass is 10.2. The van der Waals surface area contributed by atoms with Gasteiger partial charge in [0.05, 0.1) is 22.2 Å². The molecule has 8 heteroatoms. The summed E-state index contributed by atoms with van der Waals surface area (Å²) in [5.74, 6) is 0.376. The summed E-state index contributed by atoms with van der Waals surface area (Å²) in [6.45, 7) is 7.41. The first kappa shape index (κ1) is 24.4. The van der Waals surface area contributed by atoms with Crippen molar-refractivity contribution in [1.82, 2.24) is 10.2 Å². The molecule has 0 spiro atoms. The molecule has 0 fully saturated rings. The summed E-state index contributed by atoms with van der Waals surface area (Å²) < 4.78 is 6.10. The normalized spacial score (nSPS) is 14.6. The molecule has 2 aromatic rings. The van der Waals surface area contributed by atoms with E-state index in [0.29, 0.717) is 11.4 Å². The number of hydrogen-bond donors (Lipinski definition) is 1. The Labute approximate surface area is 202 Å². The lowest BCUT2D eigenvalue weighted by molar-refractivity contribution is -0.122. The fraction of sp³-hybridized carbons (Fsp3) is 0.333. The fourth-order valence-corrected chi connectivity index (χ4v) is 5.05. The summed E-state index contributed by atoms with van der Waals surface area (Å²) in [7, 11) is 1.61. The Hall–Kier alpha value is -2.29. The molecular weight excluding hydrogens is 490 g/mol. The number of nitrogens with one attached hydrogen (secondary N) is 1. The van der Waals surface area contributed by atoms with Crippen LogP contribution in [0.1, 0.15) is 19.4 Å². The Balaban J connectivity index is 1.79. The number of carbonyl (C=O) groups excluding carboxylic acids is 2. The van der Waals surface area contributed by atoms with Crippen molar-refractivity contribution in [2.24, 2.45) is 0 Å². The highest BCUT2D eigenvalue weighted by atomic mass is 79.9. The van der Waals surface area contributed by atoms with Crippen molar-refractivity contribution in [3.05, 3.63) is 57.4 Å². The highest BCUT2D eigenvalue weighted by molar-refractivity contribution is 9.10. The van der Waals surface area contributed by atoms with Crippen LogP contribution in [0, 0.1) is 0 Å². The van der Waals surface area contributed by atoms with Gasteiger partial charge in [-0.2, -0.15) is 0 Å². The number of halogens is 1. The van der Waals surface area contributed by atoms with Crippen LogP contribution in [0.25, 0.3) is 6.08 Å². The van der Waals surface area contributed by atoms with E-state index in [4.69, 9.17) is 4.74 Å². The van der Waals surface area contributed by atoms with E-state index in [9.17, 15) is 9.59 Å². The van der Waals surface area contributed by atoms with Gasteiger partial charge in [0.15, 0.2) is 0 Å². The van der Waals surface area contributed by atoms with Crippen molar-refractivity contribution in [1.29, 1.82) is 0 Å². The highest BCUT2D eigenvalue weighted by Crippen LogP contribution is 2.42. The largest absolute Gasteiger partial charge is 0.496 e. The van der Waals surface area contributed by atoms with Crippen LogP contribution in [0.15, 0.2) is 56.7 Å². The van der Waals surface area contributed by atoms with Gasteiger partial charge in [-0.3, -0.25) is 14.5 Å². The van der Waals surface area contributed by atoms with Gasteiger partial charge >= 0.3 is 0 Å². The number of nitrogens with zero attached hydrogens (tertiary/aromatic N) is 2. The topological polar surface area (TPSA) is 61.9 Å². The number of ether oxygens (including phenoxy) is 1. The molecule has 1 heterocycles. The molecule has 2 aromatic carbocycles. The average molecular weight is 518 g/mol. The first-order valence-corrected chi connectivity index (χ1v) is 12.2. The summed E-state index contributed by atoms with van der Waals surface area (Å²) in [5.41, 5.74) is 1.63. The third-order valence-electron chi connectivity index (χ3n) is 5.25. The number of carbonyl (C=O) groups is 2. The first-order valence-electron chi connectivity index (χ1n) is 10.6. The zero-order valence-corrected chi connectivity index (χ0v) is 21.0. The van der Waals surface area contributed by atoms with Crippen LogP contribution in [-0.4, -0.2) is 56.5 Å². The molecule has 0 aliphatic carbocycles. The van der Waals surface area contributed by atoms with E-state index in [1.165, 1.54) is 11.8 Å². The van der Waals surface area contributed by atoms with Crippen molar-refractivity contribution in [3.8, 4) is 5.75 Å². The number of fused-ring (bicyclic) bond motifs is 1. The van der Waals surface area contributed by atoms with E-state index in [0.717, 1.165) is 46.0 Å². The number of anilines is 1. The van der Waals surface area contributed by atoms with Gasteiger partial charge < -0.3 is 15.0 Å². The summed E-state index contributed by atoms with van der Waals surface area (Å²) in [6, 6.07) is 13.3. The van der Waals surface area contributed by atoms with E-state index in [2.05, 4.69) is 40.0 Å². The molecule has 1 aliphatic heterocycles. The number of amides is 2. The summed E-state index contributed by atoms with van der Waals surface area (Å²) in [5, 5.41) is 2.94. The number of thioether (sulfide) groups is 1. The quantitative estimate of drug-likeness (QED) is 0.499. The lowest BCUT2D eigenvalue weighted by Gasteiger charge is -2.30. The Bertz CT molecular complexity index is 1010. The van der Waals surface area contributed by atoms with Gasteiger partial charge in [-0.25, -0.2) is 0 Å². The van der Waals surface area contributed by atoms with E-state index in [-0.39, 0.29) is 18.4 Å². The van der Waals surface area contributed by atoms with Crippen molar-refractivity contribution in [3.63, 3.8) is 0 Å². The third kappa shape index (κ3) is 5.94. The molecule has 1 N–H and O–H groups in total. The molecule has 0 saturated heterocycles. The molecule has 0 atom stereocenters. The molecule has 32 heavy (non-hydrogen) atoms. The van der Waals surface area contributed by atoms with Crippen molar-refractivity contribution in [2.45, 2.75) is 18.7 Å². The van der Waals surface area contributed by atoms with Gasteiger partial charge in [-0.05, 0) is 64.9 Å². The number of rotatable bonds is 9. The van der Waals surface area contributed by atoms with Crippen LogP contribution in [0.4, 0.5) is 5.69 Å². The molecule has 2 amide bonds.